The summed E-state index contributed by atoms with van der Waals surface area (Å²) in [6.07, 6.45) is 8.17. The number of likely N-dealkylation sites (N-methyl/N-ethyl adjacent to an activating group) is 1. The third kappa shape index (κ3) is 2.48. The molecule has 0 bridgehead atoms. The van der Waals surface area contributed by atoms with E-state index in [2.05, 4.69) is 11.8 Å². The number of hydrogen-bond acceptors (Lipinski definition) is 2. The maximum Gasteiger partial charge on any atom is 0.320 e. The molecule has 1 saturated carbocycles. The van der Waals surface area contributed by atoms with Gasteiger partial charge < -0.3 is 15.5 Å². The highest BCUT2D eigenvalue weighted by molar-refractivity contribution is 5.75. The molecule has 4 nitrogen and oxygen atoms in total. The van der Waals surface area contributed by atoms with Crippen molar-refractivity contribution in [2.75, 3.05) is 26.2 Å². The first-order valence-electron chi connectivity index (χ1n) is 7.50. The lowest BCUT2D eigenvalue weighted by atomic mass is 9.80. The lowest BCUT2D eigenvalue weighted by Gasteiger charge is -2.46. The second-order valence-corrected chi connectivity index (χ2v) is 5.71. The van der Waals surface area contributed by atoms with Gasteiger partial charge in [-0.1, -0.05) is 19.3 Å². The van der Waals surface area contributed by atoms with Crippen molar-refractivity contribution in [2.45, 2.75) is 57.4 Å². The summed E-state index contributed by atoms with van der Waals surface area (Å²) in [5.74, 6) is 0. The summed E-state index contributed by atoms with van der Waals surface area (Å²) in [7, 11) is 0. The zero-order valence-corrected chi connectivity index (χ0v) is 11.7. The molecule has 2 rings (SSSR count). The molecule has 104 valence electrons. The van der Waals surface area contributed by atoms with Gasteiger partial charge in [0.15, 0.2) is 0 Å². The minimum absolute atomic E-state index is 0.0628. The molecule has 0 aromatic heterocycles. The number of carbonyl (C=O) groups is 1. The standard InChI is InChI=1S/C14H27N3O/c1-2-17(13(18)16-10-6-7-11-16)14(12-15)8-4-3-5-9-14/h2-12,15H2,1H3. The maximum atomic E-state index is 12.6. The van der Waals surface area contributed by atoms with Gasteiger partial charge in [-0.2, -0.15) is 0 Å². The summed E-state index contributed by atoms with van der Waals surface area (Å²) in [6.45, 7) is 5.33. The van der Waals surface area contributed by atoms with Crippen LogP contribution >= 0.6 is 0 Å². The third-order valence-electron chi connectivity index (χ3n) is 4.66. The molecule has 1 aliphatic heterocycles. The highest BCUT2D eigenvalue weighted by Crippen LogP contribution is 2.33. The number of rotatable bonds is 3. The van der Waals surface area contributed by atoms with Crippen molar-refractivity contribution in [3.05, 3.63) is 0 Å². The number of carbonyl (C=O) groups excluding carboxylic acids is 1. The van der Waals surface area contributed by atoms with E-state index in [0.29, 0.717) is 6.54 Å². The van der Waals surface area contributed by atoms with Gasteiger partial charge in [-0.15, -0.1) is 0 Å². The Bertz CT molecular complexity index is 281. The van der Waals surface area contributed by atoms with Crippen LogP contribution in [0.2, 0.25) is 0 Å². The Hall–Kier alpha value is -0.770. The lowest BCUT2D eigenvalue weighted by Crippen LogP contribution is -2.59. The van der Waals surface area contributed by atoms with E-state index >= 15 is 0 Å². The van der Waals surface area contributed by atoms with Gasteiger partial charge in [0, 0.05) is 26.2 Å². The predicted octanol–water partition coefficient (Wildman–Crippen LogP) is 2.19. The molecule has 1 heterocycles. The Morgan fingerprint density at radius 2 is 1.78 bits per heavy atom. The lowest BCUT2D eigenvalue weighted by molar-refractivity contribution is 0.0695. The molecule has 0 unspecified atom stereocenters. The first-order valence-corrected chi connectivity index (χ1v) is 7.50. The number of nitrogens with zero attached hydrogens (tertiary/aromatic N) is 2. The fourth-order valence-electron chi connectivity index (χ4n) is 3.55. The van der Waals surface area contributed by atoms with Crippen molar-refractivity contribution in [3.8, 4) is 0 Å². The van der Waals surface area contributed by atoms with E-state index in [9.17, 15) is 4.79 Å². The van der Waals surface area contributed by atoms with Gasteiger partial charge in [-0.25, -0.2) is 4.79 Å². The van der Waals surface area contributed by atoms with Crippen LogP contribution in [0.4, 0.5) is 4.79 Å². The quantitative estimate of drug-likeness (QED) is 0.838. The summed E-state index contributed by atoms with van der Waals surface area (Å²) >= 11 is 0. The number of urea groups is 1. The molecule has 0 spiro atoms. The topological polar surface area (TPSA) is 49.6 Å². The highest BCUT2D eigenvalue weighted by atomic mass is 16.2. The first kappa shape index (κ1) is 13.7. The fraction of sp³-hybridized carbons (Fsp3) is 0.929. The Balaban J connectivity index is 2.11. The summed E-state index contributed by atoms with van der Waals surface area (Å²) in [4.78, 5) is 16.7. The molecule has 2 fully saturated rings. The van der Waals surface area contributed by atoms with Crippen molar-refractivity contribution in [2.24, 2.45) is 5.73 Å². The van der Waals surface area contributed by atoms with Crippen LogP contribution in [0.25, 0.3) is 0 Å². The molecular weight excluding hydrogens is 226 g/mol. The van der Waals surface area contributed by atoms with Crippen LogP contribution < -0.4 is 5.73 Å². The molecule has 0 aromatic rings. The SMILES string of the molecule is CCN(C(=O)N1CCCC1)C1(CN)CCCCC1. The fourth-order valence-corrected chi connectivity index (χ4v) is 3.55. The summed E-state index contributed by atoms with van der Waals surface area (Å²) in [6, 6.07) is 0.224. The molecular formula is C14H27N3O. The van der Waals surface area contributed by atoms with Gasteiger partial charge in [0.25, 0.3) is 0 Å². The van der Waals surface area contributed by atoms with E-state index in [-0.39, 0.29) is 11.6 Å². The molecule has 18 heavy (non-hydrogen) atoms. The van der Waals surface area contributed by atoms with Gasteiger partial charge in [0.05, 0.1) is 5.54 Å². The van der Waals surface area contributed by atoms with Gasteiger partial charge >= 0.3 is 6.03 Å². The maximum absolute atomic E-state index is 12.6. The molecule has 4 heteroatoms. The monoisotopic (exact) mass is 253 g/mol. The van der Waals surface area contributed by atoms with E-state index in [1.165, 1.54) is 19.3 Å². The number of likely N-dealkylation sites (tertiary alicyclic amines) is 1. The zero-order chi connectivity index (χ0) is 13.0. The van der Waals surface area contributed by atoms with Crippen molar-refractivity contribution in [1.82, 2.24) is 9.80 Å². The van der Waals surface area contributed by atoms with E-state index < -0.39 is 0 Å². The molecule has 2 amide bonds. The third-order valence-corrected chi connectivity index (χ3v) is 4.66. The minimum atomic E-state index is -0.0628. The van der Waals surface area contributed by atoms with Gasteiger partial charge in [0.1, 0.15) is 0 Å². The molecule has 0 radical (unpaired) electrons. The van der Waals surface area contributed by atoms with Crippen LogP contribution in [0.15, 0.2) is 0 Å². The summed E-state index contributed by atoms with van der Waals surface area (Å²) in [5.41, 5.74) is 5.98. The van der Waals surface area contributed by atoms with Crippen LogP contribution in [-0.4, -0.2) is 47.5 Å². The predicted molar refractivity (Wildman–Crippen MR) is 73.5 cm³/mol. The van der Waals surface area contributed by atoms with Crippen molar-refractivity contribution in [3.63, 3.8) is 0 Å². The highest BCUT2D eigenvalue weighted by Gasteiger charge is 2.40. The van der Waals surface area contributed by atoms with Gasteiger partial charge in [-0.05, 0) is 32.6 Å². The summed E-state index contributed by atoms with van der Waals surface area (Å²) in [5, 5.41) is 0. The number of hydrogen-bond donors (Lipinski definition) is 1. The van der Waals surface area contributed by atoms with Crippen LogP contribution in [0.1, 0.15) is 51.9 Å². The largest absolute Gasteiger partial charge is 0.328 e. The van der Waals surface area contributed by atoms with E-state index in [0.717, 1.165) is 45.3 Å². The minimum Gasteiger partial charge on any atom is -0.328 e. The normalized spacial score (nSPS) is 23.1. The number of amides is 2. The second kappa shape index (κ2) is 5.91. The van der Waals surface area contributed by atoms with Crippen LogP contribution in [-0.2, 0) is 0 Å². The summed E-state index contributed by atoms with van der Waals surface area (Å²) < 4.78 is 0. The van der Waals surface area contributed by atoms with Crippen molar-refractivity contribution < 1.29 is 4.79 Å². The van der Waals surface area contributed by atoms with Crippen molar-refractivity contribution >= 4 is 6.03 Å². The average molecular weight is 253 g/mol. The van der Waals surface area contributed by atoms with E-state index in [1.807, 2.05) is 4.90 Å². The molecule has 0 atom stereocenters. The Morgan fingerprint density at radius 3 is 2.28 bits per heavy atom. The van der Waals surface area contributed by atoms with E-state index in [4.69, 9.17) is 5.73 Å². The molecule has 1 saturated heterocycles. The zero-order valence-electron chi connectivity index (χ0n) is 11.7. The Morgan fingerprint density at radius 1 is 1.17 bits per heavy atom. The van der Waals surface area contributed by atoms with Crippen molar-refractivity contribution in [1.29, 1.82) is 0 Å². The number of nitrogens with two attached hydrogens (primary N) is 1. The van der Waals surface area contributed by atoms with Crippen LogP contribution in [0.5, 0.6) is 0 Å². The first-order chi connectivity index (χ1) is 8.73. The average Bonchev–Trinajstić information content (AvgIpc) is 2.94. The second-order valence-electron chi connectivity index (χ2n) is 5.71. The molecule has 1 aliphatic carbocycles. The molecule has 2 N–H and O–H groups in total. The molecule has 0 aromatic carbocycles. The Labute approximate surface area is 110 Å². The van der Waals surface area contributed by atoms with Crippen LogP contribution in [0, 0.1) is 0 Å². The van der Waals surface area contributed by atoms with E-state index in [1.54, 1.807) is 0 Å². The Kier molecular flexibility index (Phi) is 4.49. The molecule has 2 aliphatic rings. The van der Waals surface area contributed by atoms with Gasteiger partial charge in [-0.3, -0.25) is 0 Å². The smallest absolute Gasteiger partial charge is 0.320 e. The van der Waals surface area contributed by atoms with Crippen LogP contribution in [0.3, 0.4) is 0 Å². The van der Waals surface area contributed by atoms with Gasteiger partial charge in [0.2, 0.25) is 0 Å².